The molecule has 0 unspecified atom stereocenters. The quantitative estimate of drug-likeness (QED) is 0.797. The van der Waals surface area contributed by atoms with Gasteiger partial charge < -0.3 is 10.0 Å². The molecule has 0 amide bonds. The summed E-state index contributed by atoms with van der Waals surface area (Å²) in [6.07, 6.45) is 4.04. The Balaban J connectivity index is 1.62. The van der Waals surface area contributed by atoms with Gasteiger partial charge in [-0.1, -0.05) is 18.2 Å². The van der Waals surface area contributed by atoms with E-state index in [4.69, 9.17) is 0 Å². The molecule has 5 heteroatoms. The Hall–Kier alpha value is -2.53. The fraction of sp³-hybridized carbons (Fsp3) is 0.350. The van der Waals surface area contributed by atoms with Gasteiger partial charge in [-0.3, -0.25) is 0 Å². The molecule has 0 aliphatic carbocycles. The molecule has 1 saturated heterocycles. The predicted molar refractivity (Wildman–Crippen MR) is 99.5 cm³/mol. The van der Waals surface area contributed by atoms with Gasteiger partial charge in [0.15, 0.2) is 5.82 Å². The van der Waals surface area contributed by atoms with Crippen LogP contribution in [0.5, 0.6) is 0 Å². The number of pyridine rings is 1. The summed E-state index contributed by atoms with van der Waals surface area (Å²) in [6, 6.07) is 12.1. The zero-order valence-corrected chi connectivity index (χ0v) is 14.4. The summed E-state index contributed by atoms with van der Waals surface area (Å²) in [5, 5.41) is 10.5. The number of nitrogens with zero attached hydrogens (tertiary/aromatic N) is 4. The monoisotopic (exact) mass is 334 g/mol. The SMILES string of the molecule is Cc1nc(-c2ccc(N3CCC[C@@H](CO)C3)nc2)nc2ccccc12. The number of aliphatic hydroxyl groups is 1. The highest BCUT2D eigenvalue weighted by molar-refractivity contribution is 5.82. The molecule has 4 rings (SSSR count). The number of anilines is 1. The van der Waals surface area contributed by atoms with Gasteiger partial charge in [0, 0.05) is 42.5 Å². The standard InChI is InChI=1S/C20H22N4O/c1-14-17-6-2-3-7-18(17)23-20(22-14)16-8-9-19(21-11-16)24-10-4-5-15(12-24)13-25/h2-3,6-9,11,15,25H,4-5,10,12-13H2,1H3/t15-/m1/s1. The van der Waals surface area contributed by atoms with E-state index in [1.165, 1.54) is 0 Å². The van der Waals surface area contributed by atoms with E-state index >= 15 is 0 Å². The van der Waals surface area contributed by atoms with Crippen molar-refractivity contribution >= 4 is 16.7 Å². The maximum Gasteiger partial charge on any atom is 0.161 e. The number of hydrogen-bond donors (Lipinski definition) is 1. The minimum absolute atomic E-state index is 0.249. The number of aromatic nitrogens is 3. The zero-order chi connectivity index (χ0) is 17.2. The van der Waals surface area contributed by atoms with Crippen molar-refractivity contribution in [2.75, 3.05) is 24.6 Å². The van der Waals surface area contributed by atoms with Gasteiger partial charge in [-0.15, -0.1) is 0 Å². The average molecular weight is 334 g/mol. The van der Waals surface area contributed by atoms with Gasteiger partial charge in [-0.05, 0) is 43.9 Å². The Bertz CT molecular complexity index is 879. The molecule has 128 valence electrons. The van der Waals surface area contributed by atoms with Crippen LogP contribution in [-0.2, 0) is 0 Å². The number of benzene rings is 1. The van der Waals surface area contributed by atoms with E-state index in [-0.39, 0.29) is 6.61 Å². The average Bonchev–Trinajstić information content (AvgIpc) is 2.68. The molecule has 1 atom stereocenters. The topological polar surface area (TPSA) is 62.1 Å². The van der Waals surface area contributed by atoms with Crippen LogP contribution >= 0.6 is 0 Å². The fourth-order valence-corrected chi connectivity index (χ4v) is 3.49. The highest BCUT2D eigenvalue weighted by Gasteiger charge is 2.20. The Morgan fingerprint density at radius 2 is 2.04 bits per heavy atom. The van der Waals surface area contributed by atoms with Crippen molar-refractivity contribution in [1.82, 2.24) is 15.0 Å². The molecule has 3 heterocycles. The number of aryl methyl sites for hydroxylation is 1. The summed E-state index contributed by atoms with van der Waals surface area (Å²) >= 11 is 0. The van der Waals surface area contributed by atoms with Gasteiger partial charge >= 0.3 is 0 Å². The van der Waals surface area contributed by atoms with Gasteiger partial charge in [0.25, 0.3) is 0 Å². The second-order valence-electron chi connectivity index (χ2n) is 6.69. The molecule has 25 heavy (non-hydrogen) atoms. The lowest BCUT2D eigenvalue weighted by Gasteiger charge is -2.32. The molecule has 1 aromatic carbocycles. The third-order valence-corrected chi connectivity index (χ3v) is 4.90. The molecule has 3 aromatic rings. The third kappa shape index (κ3) is 3.20. The second-order valence-corrected chi connectivity index (χ2v) is 6.69. The molecule has 0 saturated carbocycles. The minimum Gasteiger partial charge on any atom is -0.396 e. The molecule has 1 N–H and O–H groups in total. The van der Waals surface area contributed by atoms with Crippen molar-refractivity contribution in [3.05, 3.63) is 48.3 Å². The van der Waals surface area contributed by atoms with E-state index in [1.54, 1.807) is 0 Å². The highest BCUT2D eigenvalue weighted by Crippen LogP contribution is 2.24. The normalized spacial score (nSPS) is 17.8. The molecule has 0 radical (unpaired) electrons. The summed E-state index contributed by atoms with van der Waals surface area (Å²) in [4.78, 5) is 16.2. The predicted octanol–water partition coefficient (Wildman–Crippen LogP) is 3.21. The van der Waals surface area contributed by atoms with Gasteiger partial charge in [-0.25, -0.2) is 15.0 Å². The summed E-state index contributed by atoms with van der Waals surface area (Å²) in [5.74, 6) is 2.02. The second kappa shape index (κ2) is 6.76. The van der Waals surface area contributed by atoms with Crippen molar-refractivity contribution < 1.29 is 5.11 Å². The molecule has 5 nitrogen and oxygen atoms in total. The molecule has 0 bridgehead atoms. The van der Waals surface area contributed by atoms with Crippen molar-refractivity contribution in [1.29, 1.82) is 0 Å². The van der Waals surface area contributed by atoms with Gasteiger partial charge in [0.2, 0.25) is 0 Å². The molecule has 1 aliphatic heterocycles. The van der Waals surface area contributed by atoms with E-state index in [1.807, 2.05) is 49.5 Å². The van der Waals surface area contributed by atoms with Crippen LogP contribution in [0.2, 0.25) is 0 Å². The van der Waals surface area contributed by atoms with Crippen LogP contribution in [0.4, 0.5) is 5.82 Å². The van der Waals surface area contributed by atoms with Crippen LogP contribution in [0.3, 0.4) is 0 Å². The van der Waals surface area contributed by atoms with Gasteiger partial charge in [0.1, 0.15) is 5.82 Å². The summed E-state index contributed by atoms with van der Waals surface area (Å²) in [7, 11) is 0. The van der Waals surface area contributed by atoms with Crippen LogP contribution in [0.25, 0.3) is 22.3 Å². The Morgan fingerprint density at radius 1 is 1.16 bits per heavy atom. The minimum atomic E-state index is 0.249. The first-order valence-electron chi connectivity index (χ1n) is 8.80. The summed E-state index contributed by atoms with van der Waals surface area (Å²) < 4.78 is 0. The Labute approximate surface area is 147 Å². The Morgan fingerprint density at radius 3 is 2.84 bits per heavy atom. The van der Waals surface area contributed by atoms with E-state index in [9.17, 15) is 5.11 Å². The molecular weight excluding hydrogens is 312 g/mol. The van der Waals surface area contributed by atoms with Crippen molar-refractivity contribution in [2.24, 2.45) is 5.92 Å². The summed E-state index contributed by atoms with van der Waals surface area (Å²) in [6.45, 7) is 4.12. The number of hydrogen-bond acceptors (Lipinski definition) is 5. The number of rotatable bonds is 3. The van der Waals surface area contributed by atoms with Crippen LogP contribution in [0.15, 0.2) is 42.6 Å². The third-order valence-electron chi connectivity index (χ3n) is 4.90. The number of para-hydroxylation sites is 1. The highest BCUT2D eigenvalue weighted by atomic mass is 16.3. The molecule has 1 aliphatic rings. The number of fused-ring (bicyclic) bond motifs is 1. The van der Waals surface area contributed by atoms with E-state index in [2.05, 4.69) is 19.9 Å². The number of piperidine rings is 1. The first kappa shape index (κ1) is 16.0. The first-order chi connectivity index (χ1) is 12.2. The van der Waals surface area contributed by atoms with E-state index in [0.717, 1.165) is 53.9 Å². The smallest absolute Gasteiger partial charge is 0.161 e. The Kier molecular flexibility index (Phi) is 4.32. The fourth-order valence-electron chi connectivity index (χ4n) is 3.49. The lowest BCUT2D eigenvalue weighted by molar-refractivity contribution is 0.208. The van der Waals surface area contributed by atoms with Crippen molar-refractivity contribution in [2.45, 2.75) is 19.8 Å². The first-order valence-corrected chi connectivity index (χ1v) is 8.80. The summed E-state index contributed by atoms with van der Waals surface area (Å²) in [5.41, 5.74) is 2.86. The van der Waals surface area contributed by atoms with Gasteiger partial charge in [-0.2, -0.15) is 0 Å². The van der Waals surface area contributed by atoms with Crippen LogP contribution in [-0.4, -0.2) is 39.8 Å². The molecule has 1 fully saturated rings. The van der Waals surface area contributed by atoms with Crippen LogP contribution in [0.1, 0.15) is 18.5 Å². The van der Waals surface area contributed by atoms with E-state index < -0.39 is 0 Å². The number of aliphatic hydroxyl groups excluding tert-OH is 1. The lowest BCUT2D eigenvalue weighted by atomic mass is 9.99. The lowest BCUT2D eigenvalue weighted by Crippen LogP contribution is -2.37. The van der Waals surface area contributed by atoms with Gasteiger partial charge in [0.05, 0.1) is 5.52 Å². The maximum absolute atomic E-state index is 9.40. The largest absolute Gasteiger partial charge is 0.396 e. The van der Waals surface area contributed by atoms with Crippen LogP contribution in [0, 0.1) is 12.8 Å². The molecular formula is C20H22N4O. The van der Waals surface area contributed by atoms with Crippen molar-refractivity contribution in [3.63, 3.8) is 0 Å². The van der Waals surface area contributed by atoms with E-state index in [0.29, 0.717) is 11.7 Å². The van der Waals surface area contributed by atoms with Crippen LogP contribution < -0.4 is 4.90 Å². The zero-order valence-electron chi connectivity index (χ0n) is 14.4. The van der Waals surface area contributed by atoms with Crippen molar-refractivity contribution in [3.8, 4) is 11.4 Å². The molecule has 2 aromatic heterocycles. The maximum atomic E-state index is 9.40. The molecule has 0 spiro atoms.